The zero-order chi connectivity index (χ0) is 19.2. The number of nitriles is 1. The topological polar surface area (TPSA) is 56.6 Å². The molecule has 0 aromatic heterocycles. The van der Waals surface area contributed by atoms with Crippen molar-refractivity contribution in [3.63, 3.8) is 0 Å². The minimum absolute atomic E-state index is 0.0144. The third kappa shape index (κ3) is 4.73. The molecule has 0 radical (unpaired) electrons. The van der Waals surface area contributed by atoms with Crippen LogP contribution in [-0.4, -0.2) is 62.7 Å². The van der Waals surface area contributed by atoms with Crippen molar-refractivity contribution in [2.75, 3.05) is 46.9 Å². The van der Waals surface area contributed by atoms with E-state index in [1.165, 1.54) is 0 Å². The molecule has 0 bridgehead atoms. The van der Waals surface area contributed by atoms with Crippen molar-refractivity contribution in [2.45, 2.75) is 0 Å². The Hall–Kier alpha value is -2.68. The number of benzene rings is 2. The van der Waals surface area contributed by atoms with E-state index < -0.39 is 0 Å². The summed E-state index contributed by atoms with van der Waals surface area (Å²) in [7, 11) is 4.07. The highest BCUT2D eigenvalue weighted by molar-refractivity contribution is 5.95. The fraction of sp³-hybridized carbons (Fsp3) is 0.364. The number of hydrogen-bond acceptors (Lipinski definition) is 4. The molecule has 27 heavy (non-hydrogen) atoms. The Morgan fingerprint density at radius 2 is 2.07 bits per heavy atom. The van der Waals surface area contributed by atoms with Crippen molar-refractivity contribution in [3.8, 4) is 17.2 Å². The summed E-state index contributed by atoms with van der Waals surface area (Å²) in [6, 6.07) is 17.2. The molecule has 5 heteroatoms. The van der Waals surface area contributed by atoms with Crippen LogP contribution in [0.3, 0.4) is 0 Å². The number of nitrogens with zero attached hydrogens (tertiary/aromatic N) is 3. The normalized spacial score (nSPS) is 17.4. The summed E-state index contributed by atoms with van der Waals surface area (Å²) in [5.41, 5.74) is 2.98. The molecule has 140 valence electrons. The van der Waals surface area contributed by atoms with Gasteiger partial charge in [0.25, 0.3) is 5.91 Å². The maximum absolute atomic E-state index is 13.1. The average molecular weight is 363 g/mol. The van der Waals surface area contributed by atoms with Crippen LogP contribution in [-0.2, 0) is 4.74 Å². The van der Waals surface area contributed by atoms with E-state index in [0.717, 1.165) is 17.7 Å². The second-order valence-electron chi connectivity index (χ2n) is 7.19. The van der Waals surface area contributed by atoms with E-state index in [9.17, 15) is 10.1 Å². The third-order valence-corrected chi connectivity index (χ3v) is 4.72. The predicted octanol–water partition coefficient (Wildman–Crippen LogP) is 2.88. The first-order chi connectivity index (χ1) is 13.1. The Bertz CT molecular complexity index is 841. The molecule has 0 saturated carbocycles. The zero-order valence-corrected chi connectivity index (χ0v) is 15.9. The first-order valence-corrected chi connectivity index (χ1v) is 9.20. The van der Waals surface area contributed by atoms with E-state index >= 15 is 0 Å². The molecule has 2 aromatic carbocycles. The lowest BCUT2D eigenvalue weighted by atomic mass is 9.98. The van der Waals surface area contributed by atoms with Crippen LogP contribution in [0.15, 0.2) is 48.5 Å². The van der Waals surface area contributed by atoms with E-state index in [-0.39, 0.29) is 5.91 Å². The molecular formula is C22H25N3O2. The van der Waals surface area contributed by atoms with Crippen molar-refractivity contribution in [3.05, 3.63) is 59.7 Å². The van der Waals surface area contributed by atoms with E-state index in [0.29, 0.717) is 43.3 Å². The van der Waals surface area contributed by atoms with Crippen molar-refractivity contribution in [1.29, 1.82) is 5.26 Å². The van der Waals surface area contributed by atoms with E-state index in [1.54, 1.807) is 6.07 Å². The van der Waals surface area contributed by atoms with Gasteiger partial charge in [0, 0.05) is 31.1 Å². The Balaban J connectivity index is 1.84. The van der Waals surface area contributed by atoms with Gasteiger partial charge < -0.3 is 14.5 Å². The van der Waals surface area contributed by atoms with Crippen molar-refractivity contribution < 1.29 is 9.53 Å². The fourth-order valence-corrected chi connectivity index (χ4v) is 3.53. The molecule has 0 N–H and O–H groups in total. The molecule has 1 heterocycles. The Kier molecular flexibility index (Phi) is 6.23. The first kappa shape index (κ1) is 19.1. The maximum atomic E-state index is 13.1. The number of carbonyl (C=O) groups excluding carboxylic acids is 1. The summed E-state index contributed by atoms with van der Waals surface area (Å²) in [6.07, 6.45) is 0. The molecule has 1 fully saturated rings. The van der Waals surface area contributed by atoms with Crippen LogP contribution in [0.4, 0.5) is 0 Å². The molecule has 1 aliphatic rings. The molecule has 5 nitrogen and oxygen atoms in total. The highest BCUT2D eigenvalue weighted by Gasteiger charge is 2.24. The van der Waals surface area contributed by atoms with Gasteiger partial charge in [-0.1, -0.05) is 30.3 Å². The van der Waals surface area contributed by atoms with E-state index in [1.807, 2.05) is 61.5 Å². The second kappa shape index (κ2) is 8.81. The molecule has 3 rings (SSSR count). The van der Waals surface area contributed by atoms with Gasteiger partial charge in [0.05, 0.1) is 24.8 Å². The lowest BCUT2D eigenvalue weighted by Crippen LogP contribution is -2.38. The molecule has 0 aliphatic carbocycles. The number of carbonyl (C=O) groups is 1. The second-order valence-corrected chi connectivity index (χ2v) is 7.19. The standard InChI is InChI=1S/C22H25N3O2/c1-24(2)14-17-15-25(10-11-27-16-17)22(26)19-8-5-7-18(12-19)21-9-4-3-6-20(21)13-23/h3-9,12,17H,10-11,14-16H2,1-2H3. The summed E-state index contributed by atoms with van der Waals surface area (Å²) in [4.78, 5) is 17.1. The highest BCUT2D eigenvalue weighted by atomic mass is 16.5. The van der Waals surface area contributed by atoms with Gasteiger partial charge >= 0.3 is 0 Å². The molecule has 1 atom stereocenters. The Labute approximate surface area is 160 Å². The molecule has 1 unspecified atom stereocenters. The lowest BCUT2D eigenvalue weighted by molar-refractivity contribution is 0.0735. The van der Waals surface area contributed by atoms with Gasteiger partial charge in [-0.25, -0.2) is 0 Å². The average Bonchev–Trinajstić information content (AvgIpc) is 2.92. The minimum Gasteiger partial charge on any atom is -0.379 e. The van der Waals surface area contributed by atoms with Gasteiger partial charge in [-0.15, -0.1) is 0 Å². The van der Waals surface area contributed by atoms with Crippen LogP contribution in [0.5, 0.6) is 0 Å². The minimum atomic E-state index is 0.0144. The molecule has 1 saturated heterocycles. The van der Waals surface area contributed by atoms with Gasteiger partial charge in [-0.05, 0) is 43.4 Å². The van der Waals surface area contributed by atoms with Crippen LogP contribution in [0.1, 0.15) is 15.9 Å². The van der Waals surface area contributed by atoms with Crippen LogP contribution >= 0.6 is 0 Å². The number of amides is 1. The number of rotatable bonds is 4. The maximum Gasteiger partial charge on any atom is 0.253 e. The van der Waals surface area contributed by atoms with Gasteiger partial charge in [-0.3, -0.25) is 4.79 Å². The predicted molar refractivity (Wildman–Crippen MR) is 105 cm³/mol. The SMILES string of the molecule is CN(C)CC1COCCN(C(=O)c2cccc(-c3ccccc3C#N)c2)C1. The fourth-order valence-electron chi connectivity index (χ4n) is 3.53. The number of hydrogen-bond donors (Lipinski definition) is 0. The summed E-state index contributed by atoms with van der Waals surface area (Å²) in [5.74, 6) is 0.314. The first-order valence-electron chi connectivity index (χ1n) is 9.20. The van der Waals surface area contributed by atoms with Gasteiger partial charge in [0.2, 0.25) is 0 Å². The number of ether oxygens (including phenoxy) is 1. The summed E-state index contributed by atoms with van der Waals surface area (Å²) in [6.45, 7) is 3.42. The van der Waals surface area contributed by atoms with E-state index in [4.69, 9.17) is 4.74 Å². The third-order valence-electron chi connectivity index (χ3n) is 4.72. The van der Waals surface area contributed by atoms with Gasteiger partial charge in [0.1, 0.15) is 0 Å². The molecule has 1 aliphatic heterocycles. The van der Waals surface area contributed by atoms with Gasteiger partial charge in [0.15, 0.2) is 0 Å². The lowest BCUT2D eigenvalue weighted by Gasteiger charge is -2.25. The van der Waals surface area contributed by atoms with E-state index in [2.05, 4.69) is 11.0 Å². The molecule has 2 aromatic rings. The van der Waals surface area contributed by atoms with Crippen LogP contribution in [0, 0.1) is 17.2 Å². The molecule has 1 amide bonds. The monoisotopic (exact) mass is 363 g/mol. The van der Waals surface area contributed by atoms with Crippen molar-refractivity contribution in [2.24, 2.45) is 5.92 Å². The summed E-state index contributed by atoms with van der Waals surface area (Å²) in [5, 5.41) is 9.35. The van der Waals surface area contributed by atoms with Crippen LogP contribution in [0.25, 0.3) is 11.1 Å². The van der Waals surface area contributed by atoms with Crippen molar-refractivity contribution in [1.82, 2.24) is 9.80 Å². The smallest absolute Gasteiger partial charge is 0.253 e. The summed E-state index contributed by atoms with van der Waals surface area (Å²) < 4.78 is 5.69. The molecule has 0 spiro atoms. The highest BCUT2D eigenvalue weighted by Crippen LogP contribution is 2.25. The van der Waals surface area contributed by atoms with Crippen molar-refractivity contribution >= 4 is 5.91 Å². The van der Waals surface area contributed by atoms with Crippen LogP contribution < -0.4 is 0 Å². The summed E-state index contributed by atoms with van der Waals surface area (Å²) >= 11 is 0. The Morgan fingerprint density at radius 1 is 1.26 bits per heavy atom. The van der Waals surface area contributed by atoms with Gasteiger partial charge in [-0.2, -0.15) is 5.26 Å². The quantitative estimate of drug-likeness (QED) is 0.838. The van der Waals surface area contributed by atoms with Crippen LogP contribution in [0.2, 0.25) is 0 Å². The zero-order valence-electron chi connectivity index (χ0n) is 15.9. The molecular weight excluding hydrogens is 338 g/mol. The largest absolute Gasteiger partial charge is 0.379 e. The Morgan fingerprint density at radius 3 is 2.85 bits per heavy atom.